The quantitative estimate of drug-likeness (QED) is 0.550. The summed E-state index contributed by atoms with van der Waals surface area (Å²) in [6.45, 7) is 1.30. The highest BCUT2D eigenvalue weighted by Gasteiger charge is 2.37. The molecule has 0 atom stereocenters. The van der Waals surface area contributed by atoms with Crippen LogP contribution in [0.25, 0.3) is 0 Å². The van der Waals surface area contributed by atoms with E-state index in [1.54, 1.807) is 0 Å². The van der Waals surface area contributed by atoms with E-state index in [0.29, 0.717) is 6.07 Å². The van der Waals surface area contributed by atoms with Crippen molar-refractivity contribution in [2.45, 2.75) is 13.1 Å². The Morgan fingerprint density at radius 2 is 2.00 bits per heavy atom. The number of rotatable bonds is 1. The fourth-order valence-corrected chi connectivity index (χ4v) is 1.25. The molecule has 0 bridgehead atoms. The lowest BCUT2D eigenvalue weighted by molar-refractivity contribution is -0.385. The zero-order valence-corrected chi connectivity index (χ0v) is 8.00. The van der Waals surface area contributed by atoms with Crippen molar-refractivity contribution in [2.75, 3.05) is 0 Å². The zero-order valence-electron chi connectivity index (χ0n) is 8.00. The number of nitro benzene ring substituents is 1. The molecule has 1 aromatic carbocycles. The van der Waals surface area contributed by atoms with Crippen LogP contribution in [-0.4, -0.2) is 4.92 Å². The first kappa shape index (κ1) is 12.0. The number of halogens is 3. The summed E-state index contributed by atoms with van der Waals surface area (Å²) in [5.74, 6) is 0. The highest BCUT2D eigenvalue weighted by Crippen LogP contribution is 2.36. The van der Waals surface area contributed by atoms with Crippen molar-refractivity contribution < 1.29 is 18.1 Å². The predicted molar refractivity (Wildman–Crippen MR) is 47.6 cm³/mol. The standard InChI is InChI=1S/C9H5F3N2O2/c1-5-2-7(9(10,11)12)6(4-13)8(3-5)14(15)16/h2-3H,1H3. The fourth-order valence-electron chi connectivity index (χ4n) is 1.25. The van der Waals surface area contributed by atoms with Crippen LogP contribution in [0.15, 0.2) is 12.1 Å². The van der Waals surface area contributed by atoms with E-state index < -0.39 is 27.9 Å². The average molecular weight is 230 g/mol. The summed E-state index contributed by atoms with van der Waals surface area (Å²) in [7, 11) is 0. The number of nitriles is 1. The number of hydrogen-bond donors (Lipinski definition) is 0. The van der Waals surface area contributed by atoms with Gasteiger partial charge in [0.05, 0.1) is 10.5 Å². The molecule has 4 nitrogen and oxygen atoms in total. The maximum absolute atomic E-state index is 12.5. The lowest BCUT2D eigenvalue weighted by Gasteiger charge is -2.09. The Labute approximate surface area is 88.1 Å². The van der Waals surface area contributed by atoms with E-state index in [2.05, 4.69) is 0 Å². The molecule has 0 unspecified atom stereocenters. The summed E-state index contributed by atoms with van der Waals surface area (Å²) in [5, 5.41) is 19.0. The minimum Gasteiger partial charge on any atom is -0.258 e. The number of benzene rings is 1. The molecular formula is C9H5F3N2O2. The molecule has 0 spiro atoms. The van der Waals surface area contributed by atoms with Crippen molar-refractivity contribution in [3.05, 3.63) is 38.9 Å². The second kappa shape index (κ2) is 3.81. The molecule has 1 rings (SSSR count). The molecule has 0 fully saturated rings. The third-order valence-electron chi connectivity index (χ3n) is 1.88. The maximum atomic E-state index is 12.5. The predicted octanol–water partition coefficient (Wildman–Crippen LogP) is 2.79. The summed E-state index contributed by atoms with van der Waals surface area (Å²) in [6.07, 6.45) is -4.78. The molecule has 16 heavy (non-hydrogen) atoms. The van der Waals surface area contributed by atoms with Crippen LogP contribution in [0.2, 0.25) is 0 Å². The first-order valence-corrected chi connectivity index (χ1v) is 4.03. The Hall–Kier alpha value is -2.10. The van der Waals surface area contributed by atoms with E-state index >= 15 is 0 Å². The summed E-state index contributed by atoms with van der Waals surface area (Å²) in [4.78, 5) is 9.50. The van der Waals surface area contributed by atoms with Gasteiger partial charge in [-0.05, 0) is 18.6 Å². The number of nitrogens with zero attached hydrogens (tertiary/aromatic N) is 2. The first-order chi connectivity index (χ1) is 7.27. The van der Waals surface area contributed by atoms with E-state index in [1.165, 1.54) is 13.0 Å². The molecule has 0 saturated heterocycles. The molecule has 0 N–H and O–H groups in total. The fraction of sp³-hybridized carbons (Fsp3) is 0.222. The van der Waals surface area contributed by atoms with Crippen LogP contribution >= 0.6 is 0 Å². The van der Waals surface area contributed by atoms with Crippen molar-refractivity contribution >= 4 is 5.69 Å². The lowest BCUT2D eigenvalue weighted by atomic mass is 10.0. The van der Waals surface area contributed by atoms with Crippen molar-refractivity contribution in [3.63, 3.8) is 0 Å². The minimum atomic E-state index is -4.78. The zero-order chi connectivity index (χ0) is 12.5. The average Bonchev–Trinajstić information content (AvgIpc) is 2.14. The SMILES string of the molecule is Cc1cc([N+](=O)[O-])c(C#N)c(C(F)(F)F)c1. The van der Waals surface area contributed by atoms with Gasteiger partial charge in [0.1, 0.15) is 11.6 Å². The Kier molecular flexibility index (Phi) is 2.85. The molecule has 0 aromatic heterocycles. The van der Waals surface area contributed by atoms with Gasteiger partial charge in [0.25, 0.3) is 5.69 Å². The normalized spacial score (nSPS) is 10.9. The van der Waals surface area contributed by atoms with Gasteiger partial charge in [-0.25, -0.2) is 0 Å². The van der Waals surface area contributed by atoms with Crippen LogP contribution in [0, 0.1) is 28.4 Å². The van der Waals surface area contributed by atoms with Crippen LogP contribution in [0.1, 0.15) is 16.7 Å². The molecule has 0 aliphatic rings. The first-order valence-electron chi connectivity index (χ1n) is 4.03. The summed E-state index contributed by atoms with van der Waals surface area (Å²) in [6, 6.07) is 2.87. The molecular weight excluding hydrogens is 225 g/mol. The smallest absolute Gasteiger partial charge is 0.258 e. The molecule has 7 heteroatoms. The Balaban J connectivity index is 3.63. The Morgan fingerprint density at radius 1 is 1.44 bits per heavy atom. The van der Waals surface area contributed by atoms with Gasteiger partial charge in [0, 0.05) is 6.07 Å². The van der Waals surface area contributed by atoms with Gasteiger partial charge >= 0.3 is 6.18 Å². The number of hydrogen-bond acceptors (Lipinski definition) is 3. The summed E-state index contributed by atoms with van der Waals surface area (Å²) in [5.41, 5.74) is -2.97. The van der Waals surface area contributed by atoms with Gasteiger partial charge in [-0.2, -0.15) is 18.4 Å². The third-order valence-corrected chi connectivity index (χ3v) is 1.88. The van der Waals surface area contributed by atoms with Crippen LogP contribution < -0.4 is 0 Å². The monoisotopic (exact) mass is 230 g/mol. The van der Waals surface area contributed by atoms with E-state index in [1.807, 2.05) is 0 Å². The third kappa shape index (κ3) is 2.11. The number of nitro groups is 1. The molecule has 0 radical (unpaired) electrons. The van der Waals surface area contributed by atoms with Gasteiger partial charge < -0.3 is 0 Å². The molecule has 0 amide bonds. The van der Waals surface area contributed by atoms with Crippen LogP contribution in [0.3, 0.4) is 0 Å². The highest BCUT2D eigenvalue weighted by atomic mass is 19.4. The van der Waals surface area contributed by atoms with E-state index in [4.69, 9.17) is 5.26 Å². The van der Waals surface area contributed by atoms with Gasteiger partial charge in [-0.15, -0.1) is 0 Å². The van der Waals surface area contributed by atoms with Gasteiger partial charge in [-0.1, -0.05) is 0 Å². The van der Waals surface area contributed by atoms with Crippen molar-refractivity contribution in [1.82, 2.24) is 0 Å². The largest absolute Gasteiger partial charge is 0.417 e. The second-order valence-corrected chi connectivity index (χ2v) is 3.07. The molecule has 0 aliphatic carbocycles. The molecule has 84 valence electrons. The molecule has 0 heterocycles. The van der Waals surface area contributed by atoms with Crippen molar-refractivity contribution in [2.24, 2.45) is 0 Å². The van der Waals surface area contributed by atoms with Crippen LogP contribution in [0.4, 0.5) is 18.9 Å². The van der Waals surface area contributed by atoms with Gasteiger partial charge in [-0.3, -0.25) is 10.1 Å². The van der Waals surface area contributed by atoms with Gasteiger partial charge in [0.2, 0.25) is 0 Å². The summed E-state index contributed by atoms with van der Waals surface area (Å²) >= 11 is 0. The highest BCUT2D eigenvalue weighted by molar-refractivity contribution is 5.56. The second-order valence-electron chi connectivity index (χ2n) is 3.07. The number of aryl methyl sites for hydroxylation is 1. The van der Waals surface area contributed by atoms with E-state index in [9.17, 15) is 23.3 Å². The Morgan fingerprint density at radius 3 is 2.38 bits per heavy atom. The maximum Gasteiger partial charge on any atom is 0.417 e. The Bertz CT molecular complexity index is 489. The minimum absolute atomic E-state index is 0.0815. The number of alkyl halides is 3. The molecule has 0 aliphatic heterocycles. The van der Waals surface area contributed by atoms with Crippen molar-refractivity contribution in [3.8, 4) is 6.07 Å². The van der Waals surface area contributed by atoms with Gasteiger partial charge in [0.15, 0.2) is 0 Å². The van der Waals surface area contributed by atoms with Crippen molar-refractivity contribution in [1.29, 1.82) is 5.26 Å². The molecule has 1 aromatic rings. The van der Waals surface area contributed by atoms with Crippen LogP contribution in [0.5, 0.6) is 0 Å². The topological polar surface area (TPSA) is 66.9 Å². The van der Waals surface area contributed by atoms with E-state index in [-0.39, 0.29) is 5.56 Å². The van der Waals surface area contributed by atoms with Crippen LogP contribution in [-0.2, 0) is 6.18 Å². The lowest BCUT2D eigenvalue weighted by Crippen LogP contribution is -2.10. The molecule has 0 saturated carbocycles. The summed E-state index contributed by atoms with van der Waals surface area (Å²) < 4.78 is 37.5. The van der Waals surface area contributed by atoms with E-state index in [0.717, 1.165) is 6.07 Å².